The first-order valence-electron chi connectivity index (χ1n) is 3.93. The second kappa shape index (κ2) is 4.43. The molecule has 1 atom stereocenters. The van der Waals surface area contributed by atoms with Crippen LogP contribution in [0.5, 0.6) is 0 Å². The Kier molecular flexibility index (Phi) is 4.09. The first kappa shape index (κ1) is 12.9. The molecule has 1 heterocycles. The van der Waals surface area contributed by atoms with Crippen LogP contribution in [0.1, 0.15) is 23.0 Å². The Labute approximate surface area is 88.3 Å². The predicted molar refractivity (Wildman–Crippen MR) is 54.5 cm³/mol. The summed E-state index contributed by atoms with van der Waals surface area (Å²) in [6.45, 7) is 3.56. The Morgan fingerprint density at radius 3 is 2.36 bits per heavy atom. The second-order valence-electron chi connectivity index (χ2n) is 3.02. The van der Waals surface area contributed by atoms with Gasteiger partial charge in [-0.2, -0.15) is 5.10 Å². The zero-order chi connectivity index (χ0) is 10.2. The van der Waals surface area contributed by atoms with Crippen LogP contribution in [0.15, 0.2) is 0 Å². The summed E-state index contributed by atoms with van der Waals surface area (Å²) < 4.78 is 1.63. The lowest BCUT2D eigenvalue weighted by Gasteiger charge is -2.06. The van der Waals surface area contributed by atoms with E-state index in [9.17, 15) is 4.79 Å². The lowest BCUT2D eigenvalue weighted by Crippen LogP contribution is -2.22. The summed E-state index contributed by atoms with van der Waals surface area (Å²) in [5, 5.41) is 12.8. The maximum atomic E-state index is 10.7. The average molecular weight is 220 g/mol. The van der Waals surface area contributed by atoms with Gasteiger partial charge in [0.1, 0.15) is 6.04 Å². The SMILES string of the molecule is Cc1nn(C)c(C)c1C(N)C(=O)O.Cl. The fourth-order valence-electron chi connectivity index (χ4n) is 1.36. The fraction of sp³-hybridized carbons (Fsp3) is 0.500. The van der Waals surface area contributed by atoms with Crippen molar-refractivity contribution in [2.75, 3.05) is 0 Å². The van der Waals surface area contributed by atoms with Crippen LogP contribution in [-0.4, -0.2) is 20.9 Å². The molecular weight excluding hydrogens is 206 g/mol. The number of aromatic nitrogens is 2. The fourth-order valence-corrected chi connectivity index (χ4v) is 1.36. The zero-order valence-corrected chi connectivity index (χ0v) is 9.13. The summed E-state index contributed by atoms with van der Waals surface area (Å²) in [6.07, 6.45) is 0. The number of nitrogens with two attached hydrogens (primary N) is 1. The van der Waals surface area contributed by atoms with Crippen molar-refractivity contribution in [3.63, 3.8) is 0 Å². The van der Waals surface area contributed by atoms with E-state index in [0.717, 1.165) is 5.69 Å². The molecule has 5 nitrogen and oxygen atoms in total. The van der Waals surface area contributed by atoms with Crippen LogP contribution in [0.25, 0.3) is 0 Å². The van der Waals surface area contributed by atoms with E-state index in [1.807, 2.05) is 0 Å². The Morgan fingerprint density at radius 2 is 2.07 bits per heavy atom. The molecule has 3 N–H and O–H groups in total. The lowest BCUT2D eigenvalue weighted by molar-refractivity contribution is -0.138. The van der Waals surface area contributed by atoms with Gasteiger partial charge in [0.15, 0.2) is 0 Å². The lowest BCUT2D eigenvalue weighted by atomic mass is 10.1. The molecule has 0 aliphatic carbocycles. The molecule has 0 aromatic carbocycles. The first-order chi connectivity index (χ1) is 5.95. The highest BCUT2D eigenvalue weighted by molar-refractivity contribution is 5.85. The third kappa shape index (κ3) is 2.05. The van der Waals surface area contributed by atoms with Gasteiger partial charge in [0.25, 0.3) is 0 Å². The number of aryl methyl sites for hydroxylation is 2. The Balaban J connectivity index is 0.00000169. The number of carboxylic acid groups (broad SMARTS) is 1. The van der Waals surface area contributed by atoms with Crippen LogP contribution in [0, 0.1) is 13.8 Å². The number of nitrogens with zero attached hydrogens (tertiary/aromatic N) is 2. The summed E-state index contributed by atoms with van der Waals surface area (Å²) in [4.78, 5) is 10.7. The van der Waals surface area contributed by atoms with Crippen molar-refractivity contribution >= 4 is 18.4 Å². The number of hydrogen-bond donors (Lipinski definition) is 2. The number of hydrogen-bond acceptors (Lipinski definition) is 3. The molecule has 0 saturated heterocycles. The molecule has 0 saturated carbocycles. The van der Waals surface area contributed by atoms with Gasteiger partial charge in [0.05, 0.1) is 5.69 Å². The zero-order valence-electron chi connectivity index (χ0n) is 8.31. The van der Waals surface area contributed by atoms with Gasteiger partial charge in [-0.1, -0.05) is 0 Å². The van der Waals surface area contributed by atoms with Crippen LogP contribution in [0.4, 0.5) is 0 Å². The van der Waals surface area contributed by atoms with Gasteiger partial charge in [-0.05, 0) is 13.8 Å². The summed E-state index contributed by atoms with van der Waals surface area (Å²) in [6, 6.07) is -0.978. The quantitative estimate of drug-likeness (QED) is 0.761. The summed E-state index contributed by atoms with van der Waals surface area (Å²) in [5.74, 6) is -1.03. The van der Waals surface area contributed by atoms with E-state index in [2.05, 4.69) is 5.10 Å². The monoisotopic (exact) mass is 219 g/mol. The van der Waals surface area contributed by atoms with Crippen molar-refractivity contribution in [3.05, 3.63) is 17.0 Å². The minimum atomic E-state index is -1.03. The molecule has 0 spiro atoms. The molecule has 0 aliphatic heterocycles. The van der Waals surface area contributed by atoms with E-state index in [0.29, 0.717) is 11.3 Å². The van der Waals surface area contributed by atoms with Crippen molar-refractivity contribution < 1.29 is 9.90 Å². The van der Waals surface area contributed by atoms with Gasteiger partial charge in [0.2, 0.25) is 0 Å². The third-order valence-corrected chi connectivity index (χ3v) is 2.14. The molecular formula is C8H14ClN3O2. The van der Waals surface area contributed by atoms with Gasteiger partial charge >= 0.3 is 5.97 Å². The molecule has 80 valence electrons. The van der Waals surface area contributed by atoms with E-state index in [4.69, 9.17) is 10.8 Å². The van der Waals surface area contributed by atoms with Crippen molar-refractivity contribution in [3.8, 4) is 0 Å². The van der Waals surface area contributed by atoms with Crippen LogP contribution < -0.4 is 5.73 Å². The maximum absolute atomic E-state index is 10.7. The van der Waals surface area contributed by atoms with Crippen molar-refractivity contribution in [2.45, 2.75) is 19.9 Å². The van der Waals surface area contributed by atoms with E-state index in [1.165, 1.54) is 0 Å². The number of carboxylic acids is 1. The number of rotatable bonds is 2. The number of carbonyl (C=O) groups is 1. The van der Waals surface area contributed by atoms with Crippen LogP contribution >= 0.6 is 12.4 Å². The third-order valence-electron chi connectivity index (χ3n) is 2.14. The maximum Gasteiger partial charge on any atom is 0.325 e. The predicted octanol–water partition coefficient (Wildman–Crippen LogP) is 0.543. The van der Waals surface area contributed by atoms with Crippen LogP contribution in [0.2, 0.25) is 0 Å². The topological polar surface area (TPSA) is 81.1 Å². The molecule has 6 heteroatoms. The van der Waals surface area contributed by atoms with Gasteiger partial charge in [0, 0.05) is 18.3 Å². The van der Waals surface area contributed by atoms with E-state index in [-0.39, 0.29) is 12.4 Å². The largest absolute Gasteiger partial charge is 0.480 e. The molecule has 0 bridgehead atoms. The number of aliphatic carboxylic acids is 1. The van der Waals surface area contributed by atoms with Gasteiger partial charge < -0.3 is 10.8 Å². The van der Waals surface area contributed by atoms with Gasteiger partial charge in [-0.3, -0.25) is 9.48 Å². The highest BCUT2D eigenvalue weighted by Crippen LogP contribution is 2.18. The summed E-state index contributed by atoms with van der Waals surface area (Å²) in [5.41, 5.74) is 7.58. The molecule has 0 radical (unpaired) electrons. The normalized spacial score (nSPS) is 12.0. The average Bonchev–Trinajstić information content (AvgIpc) is 2.26. The van der Waals surface area contributed by atoms with E-state index >= 15 is 0 Å². The summed E-state index contributed by atoms with van der Waals surface area (Å²) in [7, 11) is 1.76. The highest BCUT2D eigenvalue weighted by atomic mass is 35.5. The van der Waals surface area contributed by atoms with Crippen molar-refractivity contribution in [2.24, 2.45) is 12.8 Å². The minimum Gasteiger partial charge on any atom is -0.480 e. The van der Waals surface area contributed by atoms with Gasteiger partial charge in [-0.25, -0.2) is 0 Å². The molecule has 1 aromatic rings. The molecule has 0 amide bonds. The van der Waals surface area contributed by atoms with Crippen molar-refractivity contribution in [1.82, 2.24) is 9.78 Å². The minimum absolute atomic E-state index is 0. The van der Waals surface area contributed by atoms with E-state index < -0.39 is 12.0 Å². The molecule has 0 fully saturated rings. The van der Waals surface area contributed by atoms with E-state index in [1.54, 1.807) is 25.6 Å². The molecule has 1 unspecified atom stereocenters. The van der Waals surface area contributed by atoms with Gasteiger partial charge in [-0.15, -0.1) is 12.4 Å². The molecule has 0 aliphatic rings. The Morgan fingerprint density at radius 1 is 1.57 bits per heavy atom. The molecule has 1 rings (SSSR count). The molecule has 14 heavy (non-hydrogen) atoms. The summed E-state index contributed by atoms with van der Waals surface area (Å²) >= 11 is 0. The standard InChI is InChI=1S/C8H13N3O2.ClH/c1-4-6(7(9)8(12)13)5(2)11(3)10-4;/h7H,9H2,1-3H3,(H,12,13);1H. The number of halogens is 1. The second-order valence-corrected chi connectivity index (χ2v) is 3.02. The smallest absolute Gasteiger partial charge is 0.325 e. The Hall–Kier alpha value is -1.07. The van der Waals surface area contributed by atoms with Crippen molar-refractivity contribution in [1.29, 1.82) is 0 Å². The van der Waals surface area contributed by atoms with Crippen LogP contribution in [0.3, 0.4) is 0 Å². The molecule has 1 aromatic heterocycles. The highest BCUT2D eigenvalue weighted by Gasteiger charge is 2.21. The first-order valence-corrected chi connectivity index (χ1v) is 3.93. The van der Waals surface area contributed by atoms with Crippen LogP contribution in [-0.2, 0) is 11.8 Å². The Bertz CT molecular complexity index is 349.